The highest BCUT2D eigenvalue weighted by Gasteiger charge is 2.28. The Morgan fingerprint density at radius 3 is 2.85 bits per heavy atom. The fourth-order valence-corrected chi connectivity index (χ4v) is 5.08. The molecule has 1 N–H and O–H groups in total. The second-order valence-electron chi connectivity index (χ2n) is 8.89. The molecule has 2 aromatic heterocycles. The van der Waals surface area contributed by atoms with Crippen LogP contribution >= 0.6 is 0 Å². The number of ether oxygens (including phenoxy) is 1. The van der Waals surface area contributed by atoms with Crippen LogP contribution in [-0.2, 0) is 4.79 Å². The molecule has 9 heteroatoms. The van der Waals surface area contributed by atoms with Gasteiger partial charge in [-0.1, -0.05) is 18.2 Å². The Kier molecular flexibility index (Phi) is 5.37. The number of hydrogen-bond acceptors (Lipinski definition) is 7. The van der Waals surface area contributed by atoms with Gasteiger partial charge in [-0.05, 0) is 36.4 Å². The van der Waals surface area contributed by atoms with Crippen molar-refractivity contribution in [2.75, 3.05) is 49.1 Å². The number of aromatic amines is 1. The van der Waals surface area contributed by atoms with E-state index in [-0.39, 0.29) is 6.04 Å². The van der Waals surface area contributed by atoms with Gasteiger partial charge in [-0.2, -0.15) is 0 Å². The summed E-state index contributed by atoms with van der Waals surface area (Å²) in [5, 5.41) is 2.27. The van der Waals surface area contributed by atoms with Crippen molar-refractivity contribution in [2.24, 2.45) is 0 Å². The number of carbonyl (C=O) groups excluding carboxylic acids is 1. The van der Waals surface area contributed by atoms with Gasteiger partial charge in [0, 0.05) is 43.8 Å². The number of imidazole rings is 1. The zero-order valence-electron chi connectivity index (χ0n) is 18.9. The molecule has 9 nitrogen and oxygen atoms in total. The number of amides is 1. The maximum atomic E-state index is 11.0. The topological polar surface area (TPSA) is 90.5 Å². The molecule has 0 spiro atoms. The van der Waals surface area contributed by atoms with Crippen molar-refractivity contribution in [3.05, 3.63) is 49.1 Å². The van der Waals surface area contributed by atoms with Gasteiger partial charge < -0.3 is 24.4 Å². The molecule has 2 aliphatic heterocycles. The first-order chi connectivity index (χ1) is 16.8. The van der Waals surface area contributed by atoms with Crippen LogP contribution in [0.25, 0.3) is 21.9 Å². The summed E-state index contributed by atoms with van der Waals surface area (Å²) in [6, 6.07) is 13.0. The molecular formula is C25H27N7O2. The van der Waals surface area contributed by atoms with Gasteiger partial charge >= 0.3 is 0 Å². The van der Waals surface area contributed by atoms with Crippen LogP contribution in [0.15, 0.2) is 49.1 Å². The van der Waals surface area contributed by atoms with E-state index in [0.29, 0.717) is 12.3 Å². The van der Waals surface area contributed by atoms with Crippen molar-refractivity contribution in [1.82, 2.24) is 24.8 Å². The van der Waals surface area contributed by atoms with Crippen molar-refractivity contribution in [3.63, 3.8) is 0 Å². The fraction of sp³-hybridized carbons (Fsp3) is 0.360. The van der Waals surface area contributed by atoms with Crippen molar-refractivity contribution in [2.45, 2.75) is 18.9 Å². The maximum Gasteiger partial charge on any atom is 0.209 e. The molecule has 1 atom stereocenters. The number of benzene rings is 2. The minimum atomic E-state index is 0.233. The first-order valence-electron chi connectivity index (χ1n) is 11.8. The molecule has 0 bridgehead atoms. The highest BCUT2D eigenvalue weighted by Crippen LogP contribution is 2.32. The van der Waals surface area contributed by atoms with Crippen LogP contribution in [-0.4, -0.2) is 76.6 Å². The quantitative estimate of drug-likeness (QED) is 0.445. The van der Waals surface area contributed by atoms with Crippen LogP contribution in [0.4, 0.5) is 11.5 Å². The van der Waals surface area contributed by atoms with Crippen LogP contribution in [0.1, 0.15) is 12.8 Å². The summed E-state index contributed by atoms with van der Waals surface area (Å²) < 4.78 is 6.44. The van der Waals surface area contributed by atoms with E-state index in [4.69, 9.17) is 4.74 Å². The highest BCUT2D eigenvalue weighted by molar-refractivity contribution is 5.91. The van der Waals surface area contributed by atoms with Gasteiger partial charge in [0.2, 0.25) is 6.41 Å². The Morgan fingerprint density at radius 1 is 1.06 bits per heavy atom. The number of nitrogens with zero attached hydrogens (tertiary/aromatic N) is 6. The van der Waals surface area contributed by atoms with Gasteiger partial charge in [0.25, 0.3) is 0 Å². The van der Waals surface area contributed by atoms with Crippen molar-refractivity contribution >= 4 is 39.9 Å². The summed E-state index contributed by atoms with van der Waals surface area (Å²) in [5.41, 5.74) is 2.73. The van der Waals surface area contributed by atoms with E-state index in [1.807, 2.05) is 17.0 Å². The third kappa shape index (κ3) is 3.76. The molecule has 0 unspecified atom stereocenters. The minimum Gasteiger partial charge on any atom is -0.491 e. The smallest absolute Gasteiger partial charge is 0.209 e. The largest absolute Gasteiger partial charge is 0.491 e. The Labute approximate surface area is 197 Å². The standard InChI is InChI=1S/C25H27N7O2/c33-17-30-9-11-31(12-10-30)19-7-6-18-3-1-5-22(21(18)13-19)34-14-20-4-2-8-32(20)25-23-24(27-15-26-23)28-16-29-25/h1,3,5-7,13,15-17,20H,2,4,8-12,14H2,(H,26,27,28,29)/t20-/m1/s1. The first-order valence-corrected chi connectivity index (χ1v) is 11.8. The molecule has 4 aromatic rings. The van der Waals surface area contributed by atoms with Crippen LogP contribution in [0.5, 0.6) is 5.75 Å². The summed E-state index contributed by atoms with van der Waals surface area (Å²) in [6.07, 6.45) is 6.33. The van der Waals surface area contributed by atoms with Crippen molar-refractivity contribution in [1.29, 1.82) is 0 Å². The van der Waals surface area contributed by atoms with Crippen LogP contribution < -0.4 is 14.5 Å². The van der Waals surface area contributed by atoms with Gasteiger partial charge in [-0.15, -0.1) is 0 Å². The van der Waals surface area contributed by atoms with Gasteiger partial charge in [0.15, 0.2) is 11.5 Å². The van der Waals surface area contributed by atoms with Gasteiger partial charge in [-0.3, -0.25) is 4.79 Å². The van der Waals surface area contributed by atoms with E-state index < -0.39 is 0 Å². The van der Waals surface area contributed by atoms with Crippen LogP contribution in [0.3, 0.4) is 0 Å². The summed E-state index contributed by atoms with van der Waals surface area (Å²) in [7, 11) is 0. The Morgan fingerprint density at radius 2 is 1.97 bits per heavy atom. The first kappa shape index (κ1) is 20.7. The Hall–Kier alpha value is -3.88. The summed E-state index contributed by atoms with van der Waals surface area (Å²) >= 11 is 0. The van der Waals surface area contributed by atoms with Crippen LogP contribution in [0.2, 0.25) is 0 Å². The fourth-order valence-electron chi connectivity index (χ4n) is 5.08. The number of carbonyl (C=O) groups is 1. The Bertz CT molecular complexity index is 1320. The molecule has 2 aliphatic rings. The highest BCUT2D eigenvalue weighted by atomic mass is 16.5. The normalized spacial score (nSPS) is 18.7. The molecule has 0 saturated carbocycles. The number of hydrogen-bond donors (Lipinski definition) is 1. The zero-order valence-corrected chi connectivity index (χ0v) is 18.9. The molecule has 34 heavy (non-hydrogen) atoms. The summed E-state index contributed by atoms with van der Waals surface area (Å²) in [5.74, 6) is 1.79. The van der Waals surface area contributed by atoms with E-state index >= 15 is 0 Å². The maximum absolute atomic E-state index is 11.0. The molecule has 0 radical (unpaired) electrons. The lowest BCUT2D eigenvalue weighted by Gasteiger charge is -2.34. The lowest BCUT2D eigenvalue weighted by Crippen LogP contribution is -2.45. The molecule has 2 aromatic carbocycles. The minimum absolute atomic E-state index is 0.233. The van der Waals surface area contributed by atoms with Gasteiger partial charge in [0.1, 0.15) is 24.2 Å². The number of piperazine rings is 1. The van der Waals surface area contributed by atoms with E-state index in [2.05, 4.69) is 54.0 Å². The number of fused-ring (bicyclic) bond motifs is 2. The average molecular weight is 458 g/mol. The Balaban J connectivity index is 1.22. The number of anilines is 2. The number of aromatic nitrogens is 4. The summed E-state index contributed by atoms with van der Waals surface area (Å²) in [6.45, 7) is 4.71. The lowest BCUT2D eigenvalue weighted by molar-refractivity contribution is -0.118. The second kappa shape index (κ2) is 8.81. The van der Waals surface area contributed by atoms with Crippen molar-refractivity contribution in [3.8, 4) is 5.75 Å². The molecule has 2 fully saturated rings. The third-order valence-corrected chi connectivity index (χ3v) is 6.94. The molecular weight excluding hydrogens is 430 g/mol. The van der Waals surface area contributed by atoms with Gasteiger partial charge in [0.05, 0.1) is 12.4 Å². The van der Waals surface area contributed by atoms with Crippen molar-refractivity contribution < 1.29 is 9.53 Å². The monoisotopic (exact) mass is 457 g/mol. The average Bonchev–Trinajstić information content (AvgIpc) is 3.57. The molecule has 4 heterocycles. The van der Waals surface area contributed by atoms with E-state index in [9.17, 15) is 4.79 Å². The number of H-pyrrole nitrogens is 1. The molecule has 2 saturated heterocycles. The third-order valence-electron chi connectivity index (χ3n) is 6.94. The number of rotatable bonds is 6. The van der Waals surface area contributed by atoms with Crippen LogP contribution in [0, 0.1) is 0 Å². The molecule has 0 aliphatic carbocycles. The second-order valence-corrected chi connectivity index (χ2v) is 8.89. The molecule has 1 amide bonds. The molecule has 6 rings (SSSR count). The number of nitrogens with one attached hydrogen (secondary N) is 1. The SMILES string of the molecule is O=CN1CCN(c2ccc3cccc(OC[C@H]4CCCN4c4ncnc5nc[nH]c45)c3c2)CC1. The van der Waals surface area contributed by atoms with E-state index in [1.165, 1.54) is 5.69 Å². The summed E-state index contributed by atoms with van der Waals surface area (Å²) in [4.78, 5) is 33.8. The molecule has 174 valence electrons. The van der Waals surface area contributed by atoms with E-state index in [0.717, 1.165) is 79.8 Å². The zero-order chi connectivity index (χ0) is 22.9. The predicted molar refractivity (Wildman–Crippen MR) is 131 cm³/mol. The predicted octanol–water partition coefficient (Wildman–Crippen LogP) is 2.83. The van der Waals surface area contributed by atoms with E-state index in [1.54, 1.807) is 12.7 Å². The lowest BCUT2D eigenvalue weighted by atomic mass is 10.1. The van der Waals surface area contributed by atoms with Gasteiger partial charge in [-0.25, -0.2) is 15.0 Å².